The predicted octanol–water partition coefficient (Wildman–Crippen LogP) is 3.09. The van der Waals surface area contributed by atoms with E-state index in [1.807, 2.05) is 24.3 Å². The van der Waals surface area contributed by atoms with Gasteiger partial charge in [-0.25, -0.2) is 4.39 Å². The fourth-order valence-corrected chi connectivity index (χ4v) is 6.79. The van der Waals surface area contributed by atoms with Gasteiger partial charge in [0.25, 0.3) is 0 Å². The summed E-state index contributed by atoms with van der Waals surface area (Å²) in [6.45, 7) is 0.584. The molecule has 2 saturated heterocycles. The first-order valence-electron chi connectivity index (χ1n) is 14.5. The van der Waals surface area contributed by atoms with Gasteiger partial charge in [0, 0.05) is 19.2 Å². The number of nitrogens with zero attached hydrogens (tertiary/aromatic N) is 2. The Bertz CT molecular complexity index is 1640. The predicted molar refractivity (Wildman–Crippen MR) is 162 cm³/mol. The fourth-order valence-electron chi connectivity index (χ4n) is 6.79. The largest absolute Gasteiger partial charge is 0.505 e. The van der Waals surface area contributed by atoms with Crippen LogP contribution in [0.15, 0.2) is 78.0 Å². The SMILES string of the molecule is COCC1=C2[C@@H](CC/C(=C/c3ccc(O)c(F)c3)c3ccccn3)OC[C@@H]2[C@@H]2C(=O)N(c3cccc(B(O)O)c3)C(=O)[C@@H]2C1. The van der Waals surface area contributed by atoms with Crippen molar-refractivity contribution in [3.05, 3.63) is 95.1 Å². The number of carbonyl (C=O) groups excluding carboxylic acids is 2. The maximum Gasteiger partial charge on any atom is 0.488 e. The molecule has 3 N–H and O–H groups in total. The van der Waals surface area contributed by atoms with Gasteiger partial charge in [-0.3, -0.25) is 19.5 Å². The number of allylic oxidation sites excluding steroid dienone is 1. The zero-order valence-electron chi connectivity index (χ0n) is 24.1. The van der Waals surface area contributed by atoms with Gasteiger partial charge >= 0.3 is 7.12 Å². The number of anilines is 1. The van der Waals surface area contributed by atoms with Crippen molar-refractivity contribution in [3.8, 4) is 5.75 Å². The molecule has 0 bridgehead atoms. The van der Waals surface area contributed by atoms with E-state index in [1.165, 1.54) is 29.2 Å². The molecule has 9 nitrogen and oxygen atoms in total. The van der Waals surface area contributed by atoms with Gasteiger partial charge in [0.2, 0.25) is 11.8 Å². The monoisotopic (exact) mass is 598 g/mol. The number of aromatic hydroxyl groups is 1. The van der Waals surface area contributed by atoms with Crippen molar-refractivity contribution in [2.75, 3.05) is 25.2 Å². The van der Waals surface area contributed by atoms with E-state index in [-0.39, 0.29) is 35.9 Å². The van der Waals surface area contributed by atoms with Crippen molar-refractivity contribution in [2.45, 2.75) is 25.4 Å². The van der Waals surface area contributed by atoms with E-state index in [0.717, 1.165) is 22.4 Å². The van der Waals surface area contributed by atoms with Crippen LogP contribution in [0.1, 0.15) is 30.5 Å². The number of fused-ring (bicyclic) bond motifs is 3. The van der Waals surface area contributed by atoms with Crippen LogP contribution in [0.3, 0.4) is 0 Å². The standard InChI is InChI=1S/C33H32BFN2O7/c1-43-17-21-15-24-31(33(40)37(32(24)39)23-6-4-5-22(16-23)34(41)42)25-18-44-29(30(21)25)11-9-20(27-7-2-3-12-36-27)13-19-8-10-28(38)26(35)14-19/h2-8,10,12-14,16,24-25,29,31,38,41-42H,9,11,15,17-18H2,1H3/b20-13-/t24-,25+,29-,31-/m1/s1. The van der Waals surface area contributed by atoms with Crippen molar-refractivity contribution in [3.63, 3.8) is 0 Å². The minimum Gasteiger partial charge on any atom is -0.505 e. The quantitative estimate of drug-likeness (QED) is 0.195. The van der Waals surface area contributed by atoms with Crippen molar-refractivity contribution in [1.82, 2.24) is 4.98 Å². The summed E-state index contributed by atoms with van der Waals surface area (Å²) in [5.41, 5.74) is 4.61. The topological polar surface area (TPSA) is 129 Å². The lowest BCUT2D eigenvalue weighted by Crippen LogP contribution is -2.36. The summed E-state index contributed by atoms with van der Waals surface area (Å²) in [6, 6.07) is 16.0. The molecule has 0 spiro atoms. The number of phenolic OH excluding ortho intramolecular Hbond substituents is 1. The number of carbonyl (C=O) groups is 2. The van der Waals surface area contributed by atoms with Gasteiger partial charge in [0.05, 0.1) is 42.5 Å². The van der Waals surface area contributed by atoms with Gasteiger partial charge in [-0.1, -0.05) is 24.3 Å². The molecule has 3 heterocycles. The van der Waals surface area contributed by atoms with E-state index in [2.05, 4.69) is 4.98 Å². The van der Waals surface area contributed by atoms with Gasteiger partial charge in [0.1, 0.15) is 0 Å². The Morgan fingerprint density at radius 1 is 1.11 bits per heavy atom. The number of benzene rings is 2. The number of ether oxygens (including phenoxy) is 2. The molecule has 2 aromatic carbocycles. The van der Waals surface area contributed by atoms with Gasteiger partial charge in [-0.05, 0) is 89.5 Å². The highest BCUT2D eigenvalue weighted by Gasteiger charge is 2.57. The van der Waals surface area contributed by atoms with Gasteiger partial charge < -0.3 is 24.6 Å². The minimum atomic E-state index is -1.73. The molecule has 11 heteroatoms. The summed E-state index contributed by atoms with van der Waals surface area (Å²) >= 11 is 0. The second kappa shape index (κ2) is 12.5. The Kier molecular flexibility index (Phi) is 8.46. The van der Waals surface area contributed by atoms with Gasteiger partial charge in [-0.2, -0.15) is 0 Å². The molecule has 0 unspecified atom stereocenters. The Balaban J connectivity index is 1.28. The van der Waals surface area contributed by atoms with Crippen LogP contribution >= 0.6 is 0 Å². The lowest BCUT2D eigenvalue weighted by molar-refractivity contribution is -0.122. The molecule has 1 aliphatic carbocycles. The molecule has 0 radical (unpaired) electrons. The van der Waals surface area contributed by atoms with E-state index < -0.39 is 30.5 Å². The van der Waals surface area contributed by atoms with Crippen molar-refractivity contribution >= 4 is 41.7 Å². The first-order chi connectivity index (χ1) is 21.3. The zero-order valence-corrected chi connectivity index (χ0v) is 24.1. The fraction of sp³-hybridized carbons (Fsp3) is 0.303. The van der Waals surface area contributed by atoms with Crippen LogP contribution in [-0.2, 0) is 19.1 Å². The number of pyridine rings is 1. The molecule has 0 saturated carbocycles. The van der Waals surface area contributed by atoms with Crippen LogP contribution in [0.2, 0.25) is 0 Å². The number of phenols is 1. The average molecular weight is 598 g/mol. The molecule has 3 aromatic rings. The molecule has 2 fully saturated rings. The highest BCUT2D eigenvalue weighted by atomic mass is 19.1. The second-order valence-electron chi connectivity index (χ2n) is 11.4. The smallest absolute Gasteiger partial charge is 0.488 e. The van der Waals surface area contributed by atoms with Crippen LogP contribution in [0.5, 0.6) is 5.75 Å². The third-order valence-corrected chi connectivity index (χ3v) is 8.74. The minimum absolute atomic E-state index is 0.188. The summed E-state index contributed by atoms with van der Waals surface area (Å²) in [6.07, 6.45) is 4.66. The molecular weight excluding hydrogens is 566 g/mol. The summed E-state index contributed by atoms with van der Waals surface area (Å²) in [7, 11) is -0.133. The lowest BCUT2D eigenvalue weighted by Gasteiger charge is -2.31. The molecule has 3 aliphatic rings. The van der Waals surface area contributed by atoms with Crippen molar-refractivity contribution < 1.29 is 38.6 Å². The second-order valence-corrected chi connectivity index (χ2v) is 11.4. The molecule has 6 rings (SSSR count). The summed E-state index contributed by atoms with van der Waals surface area (Å²) in [5.74, 6) is -3.24. The third-order valence-electron chi connectivity index (χ3n) is 8.74. The van der Waals surface area contributed by atoms with Crippen LogP contribution in [-0.4, -0.2) is 65.5 Å². The van der Waals surface area contributed by atoms with Crippen LogP contribution in [0, 0.1) is 23.6 Å². The Labute approximate surface area is 254 Å². The third kappa shape index (κ3) is 5.59. The molecule has 2 amide bonds. The van der Waals surface area contributed by atoms with E-state index >= 15 is 0 Å². The Morgan fingerprint density at radius 2 is 1.95 bits per heavy atom. The van der Waals surface area contributed by atoms with Crippen LogP contribution in [0.25, 0.3) is 11.6 Å². The van der Waals surface area contributed by atoms with Gasteiger partial charge in [-0.15, -0.1) is 0 Å². The first-order valence-corrected chi connectivity index (χ1v) is 14.5. The maximum absolute atomic E-state index is 14.1. The highest BCUT2D eigenvalue weighted by molar-refractivity contribution is 6.58. The number of imide groups is 1. The lowest BCUT2D eigenvalue weighted by atomic mass is 9.69. The average Bonchev–Trinajstić information content (AvgIpc) is 3.55. The van der Waals surface area contributed by atoms with Crippen LogP contribution in [0.4, 0.5) is 10.1 Å². The molecule has 2 aliphatic heterocycles. The number of halogens is 1. The van der Waals surface area contributed by atoms with E-state index in [1.54, 1.807) is 31.5 Å². The number of rotatable bonds is 9. The number of hydrogen-bond donors (Lipinski definition) is 3. The molecule has 1 aromatic heterocycles. The van der Waals surface area contributed by atoms with E-state index in [4.69, 9.17) is 9.47 Å². The number of methoxy groups -OCH3 is 1. The van der Waals surface area contributed by atoms with Crippen molar-refractivity contribution in [1.29, 1.82) is 0 Å². The number of hydrogen-bond acceptors (Lipinski definition) is 8. The van der Waals surface area contributed by atoms with E-state index in [9.17, 15) is 29.1 Å². The number of aromatic nitrogens is 1. The summed E-state index contributed by atoms with van der Waals surface area (Å²) in [4.78, 5) is 33.2. The van der Waals surface area contributed by atoms with Gasteiger partial charge in [0.15, 0.2) is 11.6 Å². The molecule has 226 valence electrons. The summed E-state index contributed by atoms with van der Waals surface area (Å²) < 4.78 is 26.0. The first kappa shape index (κ1) is 29.9. The zero-order chi connectivity index (χ0) is 31.0. The highest BCUT2D eigenvalue weighted by Crippen LogP contribution is 2.50. The molecule has 4 atom stereocenters. The van der Waals surface area contributed by atoms with E-state index in [0.29, 0.717) is 37.1 Å². The number of amides is 2. The molecule has 44 heavy (non-hydrogen) atoms. The maximum atomic E-state index is 14.1. The molecular formula is C33H32BFN2O7. The van der Waals surface area contributed by atoms with Crippen molar-refractivity contribution in [2.24, 2.45) is 17.8 Å². The Morgan fingerprint density at radius 3 is 2.68 bits per heavy atom. The van der Waals surface area contributed by atoms with Crippen LogP contribution < -0.4 is 10.4 Å². The Hall–Kier alpha value is -4.16. The normalized spacial score (nSPS) is 23.3. The summed E-state index contributed by atoms with van der Waals surface area (Å²) in [5, 5.41) is 28.9.